The SMILES string of the molecule is COc1c(F)cc2c(c1CN)OCCCO2. The zero-order chi connectivity index (χ0) is 11.5. The Balaban J connectivity index is 2.56. The molecule has 0 saturated heterocycles. The minimum atomic E-state index is -0.479. The Kier molecular flexibility index (Phi) is 3.14. The molecule has 2 rings (SSSR count). The van der Waals surface area contributed by atoms with Crippen LogP contribution in [0.1, 0.15) is 12.0 Å². The van der Waals surface area contributed by atoms with E-state index in [4.69, 9.17) is 19.9 Å². The number of hydrogen-bond acceptors (Lipinski definition) is 4. The zero-order valence-corrected chi connectivity index (χ0v) is 9.09. The van der Waals surface area contributed by atoms with E-state index in [0.29, 0.717) is 30.3 Å². The van der Waals surface area contributed by atoms with Gasteiger partial charge in [-0.15, -0.1) is 0 Å². The maximum atomic E-state index is 13.6. The third kappa shape index (κ3) is 1.78. The van der Waals surface area contributed by atoms with Crippen molar-refractivity contribution in [2.45, 2.75) is 13.0 Å². The molecule has 1 aromatic carbocycles. The molecule has 1 aliphatic rings. The summed E-state index contributed by atoms with van der Waals surface area (Å²) >= 11 is 0. The van der Waals surface area contributed by atoms with Crippen molar-refractivity contribution in [3.63, 3.8) is 0 Å². The molecule has 1 aromatic rings. The molecular weight excluding hydrogens is 213 g/mol. The third-order valence-electron chi connectivity index (χ3n) is 2.45. The Morgan fingerprint density at radius 1 is 1.44 bits per heavy atom. The molecular formula is C11H14FNO3. The minimum Gasteiger partial charge on any atom is -0.493 e. The zero-order valence-electron chi connectivity index (χ0n) is 9.09. The summed E-state index contributed by atoms with van der Waals surface area (Å²) in [6.07, 6.45) is 0.766. The minimum absolute atomic E-state index is 0.131. The standard InChI is InChI=1S/C11H14FNO3/c1-14-10-7(6-13)11-9(5-8(10)12)15-3-2-4-16-11/h5H,2-4,6,13H2,1H3. The van der Waals surface area contributed by atoms with Crippen LogP contribution in [0, 0.1) is 5.82 Å². The van der Waals surface area contributed by atoms with Crippen LogP contribution in [0.3, 0.4) is 0 Å². The Morgan fingerprint density at radius 2 is 2.19 bits per heavy atom. The highest BCUT2D eigenvalue weighted by molar-refractivity contribution is 5.55. The Hall–Kier alpha value is -1.49. The quantitative estimate of drug-likeness (QED) is 0.831. The van der Waals surface area contributed by atoms with E-state index in [0.717, 1.165) is 6.42 Å². The summed E-state index contributed by atoms with van der Waals surface area (Å²) in [5.74, 6) is 0.549. The van der Waals surface area contributed by atoms with Gasteiger partial charge in [-0.2, -0.15) is 0 Å². The molecule has 0 atom stereocenters. The van der Waals surface area contributed by atoms with Crippen LogP contribution >= 0.6 is 0 Å². The van der Waals surface area contributed by atoms with Gasteiger partial charge < -0.3 is 19.9 Å². The van der Waals surface area contributed by atoms with Gasteiger partial charge in [-0.05, 0) is 0 Å². The largest absolute Gasteiger partial charge is 0.493 e. The fourth-order valence-corrected chi connectivity index (χ4v) is 1.73. The molecule has 16 heavy (non-hydrogen) atoms. The van der Waals surface area contributed by atoms with E-state index >= 15 is 0 Å². The van der Waals surface area contributed by atoms with Gasteiger partial charge in [0.05, 0.1) is 25.9 Å². The number of rotatable bonds is 2. The predicted octanol–water partition coefficient (Wildman–Crippen LogP) is 1.45. The molecule has 0 bridgehead atoms. The van der Waals surface area contributed by atoms with Gasteiger partial charge in [0.15, 0.2) is 23.1 Å². The highest BCUT2D eigenvalue weighted by atomic mass is 19.1. The van der Waals surface area contributed by atoms with Crippen molar-refractivity contribution in [1.29, 1.82) is 0 Å². The number of methoxy groups -OCH3 is 1. The molecule has 0 radical (unpaired) electrons. The van der Waals surface area contributed by atoms with Gasteiger partial charge in [0.25, 0.3) is 0 Å². The maximum Gasteiger partial charge on any atom is 0.169 e. The van der Waals surface area contributed by atoms with Gasteiger partial charge in [0.1, 0.15) is 0 Å². The number of ether oxygens (including phenoxy) is 3. The topological polar surface area (TPSA) is 53.7 Å². The van der Waals surface area contributed by atoms with Gasteiger partial charge in [-0.1, -0.05) is 0 Å². The summed E-state index contributed by atoms with van der Waals surface area (Å²) in [4.78, 5) is 0. The molecule has 0 amide bonds. The molecule has 2 N–H and O–H groups in total. The van der Waals surface area contributed by atoms with Crippen LogP contribution < -0.4 is 19.9 Å². The summed E-state index contributed by atoms with van der Waals surface area (Å²) in [5, 5.41) is 0. The van der Waals surface area contributed by atoms with E-state index in [1.807, 2.05) is 0 Å². The Labute approximate surface area is 93.1 Å². The molecule has 0 unspecified atom stereocenters. The van der Waals surface area contributed by atoms with Crippen molar-refractivity contribution < 1.29 is 18.6 Å². The van der Waals surface area contributed by atoms with E-state index in [2.05, 4.69) is 0 Å². The molecule has 0 aliphatic carbocycles. The van der Waals surface area contributed by atoms with Crippen LogP contribution in [0.15, 0.2) is 6.07 Å². The van der Waals surface area contributed by atoms with Crippen molar-refractivity contribution in [3.05, 3.63) is 17.4 Å². The maximum absolute atomic E-state index is 13.6. The average molecular weight is 227 g/mol. The number of hydrogen-bond donors (Lipinski definition) is 1. The van der Waals surface area contributed by atoms with Crippen molar-refractivity contribution >= 4 is 0 Å². The van der Waals surface area contributed by atoms with Crippen LogP contribution in [0.4, 0.5) is 4.39 Å². The van der Waals surface area contributed by atoms with E-state index < -0.39 is 5.82 Å². The lowest BCUT2D eigenvalue weighted by atomic mass is 10.1. The first-order chi connectivity index (χ1) is 7.77. The molecule has 5 heteroatoms. The summed E-state index contributed by atoms with van der Waals surface area (Å²) in [5.41, 5.74) is 6.10. The smallest absolute Gasteiger partial charge is 0.169 e. The van der Waals surface area contributed by atoms with Crippen LogP contribution in [0.25, 0.3) is 0 Å². The second-order valence-electron chi connectivity index (χ2n) is 3.45. The van der Waals surface area contributed by atoms with Crippen molar-refractivity contribution in [2.24, 2.45) is 5.73 Å². The number of halogens is 1. The van der Waals surface area contributed by atoms with Gasteiger partial charge in [-0.25, -0.2) is 4.39 Å². The van der Waals surface area contributed by atoms with Gasteiger partial charge >= 0.3 is 0 Å². The summed E-state index contributed by atoms with van der Waals surface area (Å²) < 4.78 is 29.5. The van der Waals surface area contributed by atoms with E-state index in [9.17, 15) is 4.39 Å². The van der Waals surface area contributed by atoms with Crippen molar-refractivity contribution in [1.82, 2.24) is 0 Å². The summed E-state index contributed by atoms with van der Waals surface area (Å²) in [6.45, 7) is 1.20. The molecule has 0 fully saturated rings. The first-order valence-corrected chi connectivity index (χ1v) is 5.13. The van der Waals surface area contributed by atoms with Crippen LogP contribution in [-0.4, -0.2) is 20.3 Å². The fraction of sp³-hybridized carbons (Fsp3) is 0.455. The molecule has 0 spiro atoms. The highest BCUT2D eigenvalue weighted by Crippen LogP contribution is 2.40. The fourth-order valence-electron chi connectivity index (χ4n) is 1.73. The Morgan fingerprint density at radius 3 is 2.88 bits per heavy atom. The molecule has 88 valence electrons. The molecule has 4 nitrogen and oxygen atoms in total. The first-order valence-electron chi connectivity index (χ1n) is 5.13. The number of nitrogens with two attached hydrogens (primary N) is 1. The predicted molar refractivity (Wildman–Crippen MR) is 56.5 cm³/mol. The van der Waals surface area contributed by atoms with Crippen LogP contribution in [0.5, 0.6) is 17.2 Å². The van der Waals surface area contributed by atoms with Crippen molar-refractivity contribution in [3.8, 4) is 17.2 Å². The summed E-state index contributed by atoms with van der Waals surface area (Å²) in [6, 6.07) is 1.28. The average Bonchev–Trinajstić information content (AvgIpc) is 2.52. The molecule has 1 heterocycles. The van der Waals surface area contributed by atoms with E-state index in [1.54, 1.807) is 0 Å². The number of fused-ring (bicyclic) bond motifs is 1. The van der Waals surface area contributed by atoms with Crippen LogP contribution in [0.2, 0.25) is 0 Å². The van der Waals surface area contributed by atoms with Gasteiger partial charge in [0.2, 0.25) is 0 Å². The Bertz CT molecular complexity index is 395. The second kappa shape index (κ2) is 4.57. The van der Waals surface area contributed by atoms with Gasteiger partial charge in [0, 0.05) is 19.0 Å². The monoisotopic (exact) mass is 227 g/mol. The highest BCUT2D eigenvalue weighted by Gasteiger charge is 2.22. The van der Waals surface area contributed by atoms with Gasteiger partial charge in [-0.3, -0.25) is 0 Å². The van der Waals surface area contributed by atoms with Crippen LogP contribution in [-0.2, 0) is 6.54 Å². The molecule has 1 aliphatic heterocycles. The molecule has 0 aromatic heterocycles. The lowest BCUT2D eigenvalue weighted by molar-refractivity contribution is 0.295. The third-order valence-corrected chi connectivity index (χ3v) is 2.45. The van der Waals surface area contributed by atoms with E-state index in [1.165, 1.54) is 13.2 Å². The first kappa shape index (κ1) is 11.0. The lowest BCUT2D eigenvalue weighted by Crippen LogP contribution is -2.06. The molecule has 0 saturated carbocycles. The van der Waals surface area contributed by atoms with E-state index in [-0.39, 0.29) is 12.3 Å². The number of benzene rings is 1. The van der Waals surface area contributed by atoms with Crippen molar-refractivity contribution in [2.75, 3.05) is 20.3 Å². The lowest BCUT2D eigenvalue weighted by Gasteiger charge is -2.15. The summed E-state index contributed by atoms with van der Waals surface area (Å²) in [7, 11) is 1.40. The normalized spacial score (nSPS) is 14.4. The second-order valence-corrected chi connectivity index (χ2v) is 3.45.